The second-order valence-electron chi connectivity index (χ2n) is 5.46. The molecule has 3 N–H and O–H groups in total. The molecule has 1 unspecified atom stereocenters. The Morgan fingerprint density at radius 3 is 2.70 bits per heavy atom. The molecule has 2 aliphatic rings. The summed E-state index contributed by atoms with van der Waals surface area (Å²) < 4.78 is 28.8. The van der Waals surface area contributed by atoms with Gasteiger partial charge in [0, 0.05) is 50.8 Å². The van der Waals surface area contributed by atoms with Crippen LogP contribution in [0.25, 0.3) is 0 Å². The zero-order chi connectivity index (χ0) is 14.4. The van der Waals surface area contributed by atoms with Gasteiger partial charge in [0.1, 0.15) is 0 Å². The van der Waals surface area contributed by atoms with Crippen molar-refractivity contribution < 1.29 is 8.42 Å². The van der Waals surface area contributed by atoms with Gasteiger partial charge in [-0.1, -0.05) is 0 Å². The normalized spacial score (nSPS) is 26.8. The molecule has 2 rings (SSSR count). The van der Waals surface area contributed by atoms with Crippen molar-refractivity contribution >= 4 is 22.0 Å². The van der Waals surface area contributed by atoms with E-state index >= 15 is 0 Å². The largest absolute Gasteiger partial charge is 0.330 e. The van der Waals surface area contributed by atoms with Crippen LogP contribution in [0, 0.1) is 5.92 Å². The summed E-state index contributed by atoms with van der Waals surface area (Å²) in [5.41, 5.74) is 5.66. The van der Waals surface area contributed by atoms with Gasteiger partial charge in [-0.15, -0.1) is 0 Å². The maximum Gasteiger partial charge on any atom is 0.279 e. The molecule has 0 aromatic rings. The van der Waals surface area contributed by atoms with E-state index < -0.39 is 10.2 Å². The lowest BCUT2D eigenvalue weighted by Gasteiger charge is -2.31. The van der Waals surface area contributed by atoms with Gasteiger partial charge in [-0.05, 0) is 25.3 Å². The third kappa shape index (κ3) is 4.85. The number of thioether (sulfide) groups is 1. The molecule has 0 aromatic carbocycles. The number of piperidine rings is 1. The van der Waals surface area contributed by atoms with Crippen molar-refractivity contribution in [3.05, 3.63) is 0 Å². The van der Waals surface area contributed by atoms with Crippen molar-refractivity contribution in [3.63, 3.8) is 0 Å². The van der Waals surface area contributed by atoms with Gasteiger partial charge in [-0.2, -0.15) is 24.5 Å². The van der Waals surface area contributed by atoms with E-state index in [4.69, 9.17) is 5.73 Å². The monoisotopic (exact) mass is 322 g/mol. The van der Waals surface area contributed by atoms with Crippen LogP contribution in [0.4, 0.5) is 0 Å². The molecular weight excluding hydrogens is 296 g/mol. The Morgan fingerprint density at radius 1 is 1.25 bits per heavy atom. The summed E-state index contributed by atoms with van der Waals surface area (Å²) in [5.74, 6) is 2.60. The van der Waals surface area contributed by atoms with Crippen molar-refractivity contribution in [1.29, 1.82) is 0 Å². The summed E-state index contributed by atoms with van der Waals surface area (Å²) in [6.07, 6.45) is 1.94. The minimum absolute atomic E-state index is 0.305. The number of nitrogens with two attached hydrogens (primary N) is 1. The summed E-state index contributed by atoms with van der Waals surface area (Å²) >= 11 is 1.96. The fourth-order valence-corrected chi connectivity index (χ4v) is 4.97. The molecule has 2 saturated heterocycles. The number of rotatable bonds is 6. The summed E-state index contributed by atoms with van der Waals surface area (Å²) in [7, 11) is -3.33. The van der Waals surface area contributed by atoms with Crippen molar-refractivity contribution in [2.24, 2.45) is 11.7 Å². The molecule has 2 aliphatic heterocycles. The van der Waals surface area contributed by atoms with Gasteiger partial charge in [0.25, 0.3) is 10.2 Å². The SMILES string of the molecule is NCC1CCCN(S(=O)(=O)NCCN2CCSCC2)C1. The maximum atomic E-state index is 12.2. The quantitative estimate of drug-likeness (QED) is 0.692. The Balaban J connectivity index is 1.75. The fourth-order valence-electron chi connectivity index (χ4n) is 2.69. The van der Waals surface area contributed by atoms with Crippen LogP contribution in [0.1, 0.15) is 12.8 Å². The number of hydrogen-bond acceptors (Lipinski definition) is 5. The Bertz CT molecular complexity index is 385. The highest BCUT2D eigenvalue weighted by Crippen LogP contribution is 2.17. The second-order valence-corrected chi connectivity index (χ2v) is 8.44. The number of nitrogens with zero attached hydrogens (tertiary/aromatic N) is 2. The molecule has 0 aliphatic carbocycles. The minimum Gasteiger partial charge on any atom is -0.330 e. The summed E-state index contributed by atoms with van der Waals surface area (Å²) in [6, 6.07) is 0. The lowest BCUT2D eigenvalue weighted by Crippen LogP contribution is -2.49. The Kier molecular flexibility index (Phi) is 6.57. The highest BCUT2D eigenvalue weighted by Gasteiger charge is 2.27. The van der Waals surface area contributed by atoms with Crippen LogP contribution < -0.4 is 10.5 Å². The smallest absolute Gasteiger partial charge is 0.279 e. The molecule has 0 spiro atoms. The molecule has 8 heteroatoms. The third-order valence-electron chi connectivity index (χ3n) is 3.97. The lowest BCUT2D eigenvalue weighted by molar-refractivity contribution is 0.266. The Hall–Kier alpha value is 0.140. The molecule has 0 saturated carbocycles. The molecule has 2 fully saturated rings. The van der Waals surface area contributed by atoms with Crippen LogP contribution in [0.5, 0.6) is 0 Å². The van der Waals surface area contributed by atoms with E-state index in [9.17, 15) is 8.42 Å². The van der Waals surface area contributed by atoms with Crippen molar-refractivity contribution in [2.45, 2.75) is 12.8 Å². The minimum atomic E-state index is -3.33. The summed E-state index contributed by atoms with van der Waals surface area (Å²) in [4.78, 5) is 2.32. The first-order valence-electron chi connectivity index (χ1n) is 7.37. The van der Waals surface area contributed by atoms with Gasteiger partial charge < -0.3 is 10.6 Å². The Labute approximate surface area is 126 Å². The molecule has 118 valence electrons. The topological polar surface area (TPSA) is 78.7 Å². The van der Waals surface area contributed by atoms with Crippen LogP contribution in [-0.4, -0.2) is 74.9 Å². The van der Waals surface area contributed by atoms with Gasteiger partial charge in [0.15, 0.2) is 0 Å². The van der Waals surface area contributed by atoms with Crippen LogP contribution in [0.15, 0.2) is 0 Å². The molecule has 6 nitrogen and oxygen atoms in total. The predicted octanol–water partition coefficient (Wildman–Crippen LogP) is -0.460. The molecule has 0 amide bonds. The molecule has 1 atom stereocenters. The van der Waals surface area contributed by atoms with Crippen molar-refractivity contribution in [1.82, 2.24) is 13.9 Å². The van der Waals surface area contributed by atoms with Gasteiger partial charge in [-0.25, -0.2) is 4.72 Å². The molecule has 0 aromatic heterocycles. The summed E-state index contributed by atoms with van der Waals surface area (Å²) in [6.45, 7) is 5.16. The number of nitrogens with one attached hydrogen (secondary N) is 1. The van der Waals surface area contributed by atoms with E-state index in [0.29, 0.717) is 32.1 Å². The van der Waals surface area contributed by atoms with E-state index in [1.807, 2.05) is 11.8 Å². The third-order valence-corrected chi connectivity index (χ3v) is 6.49. The van der Waals surface area contributed by atoms with E-state index in [1.165, 1.54) is 0 Å². The molecule has 0 bridgehead atoms. The molecule has 20 heavy (non-hydrogen) atoms. The first kappa shape index (κ1) is 16.5. The number of hydrogen-bond donors (Lipinski definition) is 2. The van der Waals surface area contributed by atoms with E-state index in [1.54, 1.807) is 4.31 Å². The summed E-state index contributed by atoms with van der Waals surface area (Å²) in [5, 5.41) is 0. The molecule has 2 heterocycles. The zero-order valence-electron chi connectivity index (χ0n) is 12.0. The van der Waals surface area contributed by atoms with Gasteiger partial charge >= 0.3 is 0 Å². The highest BCUT2D eigenvalue weighted by atomic mass is 32.2. The van der Waals surface area contributed by atoms with E-state index in [2.05, 4.69) is 9.62 Å². The van der Waals surface area contributed by atoms with Gasteiger partial charge in [-0.3, -0.25) is 0 Å². The van der Waals surface area contributed by atoms with Crippen LogP contribution in [-0.2, 0) is 10.2 Å². The second kappa shape index (κ2) is 7.95. The molecule has 0 radical (unpaired) electrons. The lowest BCUT2D eigenvalue weighted by atomic mass is 10.0. The average Bonchev–Trinajstić information content (AvgIpc) is 2.48. The first-order valence-corrected chi connectivity index (χ1v) is 9.96. The van der Waals surface area contributed by atoms with Crippen LogP contribution >= 0.6 is 11.8 Å². The van der Waals surface area contributed by atoms with Gasteiger partial charge in [0.2, 0.25) is 0 Å². The van der Waals surface area contributed by atoms with E-state index in [0.717, 1.165) is 44.0 Å². The van der Waals surface area contributed by atoms with Crippen molar-refractivity contribution in [2.75, 3.05) is 57.3 Å². The van der Waals surface area contributed by atoms with Crippen LogP contribution in [0.3, 0.4) is 0 Å². The standard InChI is InChI=1S/C12H26N4O2S2/c13-10-12-2-1-4-16(11-12)20(17,18)14-3-5-15-6-8-19-9-7-15/h12,14H,1-11,13H2. The molecular formula is C12H26N4O2S2. The zero-order valence-corrected chi connectivity index (χ0v) is 13.6. The van der Waals surface area contributed by atoms with Crippen LogP contribution in [0.2, 0.25) is 0 Å². The predicted molar refractivity (Wildman–Crippen MR) is 84.0 cm³/mol. The van der Waals surface area contributed by atoms with Crippen molar-refractivity contribution in [3.8, 4) is 0 Å². The Morgan fingerprint density at radius 2 is 2.00 bits per heavy atom. The maximum absolute atomic E-state index is 12.2. The highest BCUT2D eigenvalue weighted by molar-refractivity contribution is 7.99. The average molecular weight is 323 g/mol. The first-order chi connectivity index (χ1) is 9.62. The fraction of sp³-hybridized carbons (Fsp3) is 1.00. The van der Waals surface area contributed by atoms with Gasteiger partial charge in [0.05, 0.1) is 0 Å². The van der Waals surface area contributed by atoms with E-state index in [-0.39, 0.29) is 0 Å².